The van der Waals surface area contributed by atoms with Gasteiger partial charge in [0.05, 0.1) is 17.1 Å². The van der Waals surface area contributed by atoms with Gasteiger partial charge < -0.3 is 14.8 Å². The first-order chi connectivity index (χ1) is 12.5. The van der Waals surface area contributed by atoms with Gasteiger partial charge in [0.2, 0.25) is 11.8 Å². The second kappa shape index (κ2) is 7.39. The number of nitrogens with one attached hydrogen (secondary N) is 1. The lowest BCUT2D eigenvalue weighted by Gasteiger charge is -2.20. The summed E-state index contributed by atoms with van der Waals surface area (Å²) < 4.78 is 1.87. The Balaban J connectivity index is 1.95. The number of amides is 2. The summed E-state index contributed by atoms with van der Waals surface area (Å²) >= 11 is 0. The largest absolute Gasteiger partial charge is 0.347 e. The third kappa shape index (κ3) is 3.59. The molecule has 1 unspecified atom stereocenters. The highest BCUT2D eigenvalue weighted by Crippen LogP contribution is 2.22. The van der Waals surface area contributed by atoms with Crippen molar-refractivity contribution in [2.75, 3.05) is 11.9 Å². The van der Waals surface area contributed by atoms with Gasteiger partial charge in [0.15, 0.2) is 0 Å². The average molecular weight is 350 g/mol. The summed E-state index contributed by atoms with van der Waals surface area (Å²) in [6, 6.07) is 16.9. The Bertz CT molecular complexity index is 933. The number of hydrogen-bond donors (Lipinski definition) is 1. The van der Waals surface area contributed by atoms with Crippen LogP contribution in [0.25, 0.3) is 11.0 Å². The number of carbonyl (C=O) groups excluding carboxylic acids is 2. The maximum Gasteiger partial charge on any atom is 0.246 e. The van der Waals surface area contributed by atoms with Crippen LogP contribution in [0.3, 0.4) is 0 Å². The van der Waals surface area contributed by atoms with Gasteiger partial charge in [0.25, 0.3) is 0 Å². The molecule has 1 atom stereocenters. The summed E-state index contributed by atoms with van der Waals surface area (Å²) in [5.41, 5.74) is 2.50. The maximum absolute atomic E-state index is 12.8. The first kappa shape index (κ1) is 17.7. The fourth-order valence-electron chi connectivity index (χ4n) is 3.00. The molecule has 2 aromatic carbocycles. The number of benzene rings is 2. The number of likely N-dealkylation sites (N-methyl/N-ethyl adjacent to an activating group) is 1. The highest BCUT2D eigenvalue weighted by molar-refractivity contribution is 5.93. The van der Waals surface area contributed by atoms with E-state index in [-0.39, 0.29) is 24.4 Å². The van der Waals surface area contributed by atoms with Gasteiger partial charge in [0.1, 0.15) is 12.4 Å². The van der Waals surface area contributed by atoms with Gasteiger partial charge in [-0.25, -0.2) is 4.98 Å². The van der Waals surface area contributed by atoms with Crippen molar-refractivity contribution in [3.63, 3.8) is 0 Å². The summed E-state index contributed by atoms with van der Waals surface area (Å²) in [7, 11) is 1.76. The van der Waals surface area contributed by atoms with Gasteiger partial charge in [-0.2, -0.15) is 0 Å². The molecular formula is C20H22N4O2. The minimum atomic E-state index is -0.297. The smallest absolute Gasteiger partial charge is 0.246 e. The lowest BCUT2D eigenvalue weighted by atomic mass is 10.2. The summed E-state index contributed by atoms with van der Waals surface area (Å²) in [6.45, 7) is 3.48. The first-order valence-corrected chi connectivity index (χ1v) is 8.51. The maximum atomic E-state index is 12.8. The molecule has 1 heterocycles. The Hall–Kier alpha value is -3.15. The molecule has 0 fully saturated rings. The Morgan fingerprint density at radius 1 is 1.12 bits per heavy atom. The quantitative estimate of drug-likeness (QED) is 0.769. The van der Waals surface area contributed by atoms with Gasteiger partial charge in [-0.15, -0.1) is 0 Å². The van der Waals surface area contributed by atoms with Gasteiger partial charge in [-0.1, -0.05) is 30.3 Å². The van der Waals surface area contributed by atoms with E-state index in [4.69, 9.17) is 0 Å². The van der Waals surface area contributed by atoms with Crippen molar-refractivity contribution in [1.29, 1.82) is 0 Å². The molecule has 0 aliphatic heterocycles. The molecule has 0 saturated carbocycles. The van der Waals surface area contributed by atoms with Crippen molar-refractivity contribution < 1.29 is 9.59 Å². The second-order valence-corrected chi connectivity index (χ2v) is 6.26. The lowest BCUT2D eigenvalue weighted by Crippen LogP contribution is -2.32. The van der Waals surface area contributed by atoms with Crippen molar-refractivity contribution in [2.24, 2.45) is 0 Å². The topological polar surface area (TPSA) is 67.2 Å². The predicted octanol–water partition coefficient (Wildman–Crippen LogP) is 2.90. The van der Waals surface area contributed by atoms with Crippen LogP contribution in [0.5, 0.6) is 0 Å². The van der Waals surface area contributed by atoms with E-state index in [9.17, 15) is 9.59 Å². The number of fused-ring (bicyclic) bond motifs is 1. The predicted molar refractivity (Wildman–Crippen MR) is 102 cm³/mol. The SMILES string of the molecule is CC(=O)NC(C)c1nc2ccccc2n1CC(=O)N(C)c1ccccc1. The van der Waals surface area contributed by atoms with Crippen molar-refractivity contribution in [2.45, 2.75) is 26.4 Å². The van der Waals surface area contributed by atoms with Crippen LogP contribution in [0, 0.1) is 0 Å². The summed E-state index contributed by atoms with van der Waals surface area (Å²) in [6.07, 6.45) is 0. The number of imidazole rings is 1. The van der Waals surface area contributed by atoms with Crippen LogP contribution in [0.1, 0.15) is 25.7 Å². The standard InChI is InChI=1S/C20H22N4O2/c1-14(21-15(2)25)20-22-17-11-7-8-12-18(17)24(20)13-19(26)23(3)16-9-5-4-6-10-16/h4-12,14H,13H2,1-3H3,(H,21,25). The molecule has 0 aliphatic rings. The molecule has 134 valence electrons. The molecule has 2 amide bonds. The first-order valence-electron chi connectivity index (χ1n) is 8.51. The van der Waals surface area contributed by atoms with Crippen molar-refractivity contribution in [3.8, 4) is 0 Å². The van der Waals surface area contributed by atoms with Crippen molar-refractivity contribution >= 4 is 28.5 Å². The number of hydrogen-bond acceptors (Lipinski definition) is 3. The second-order valence-electron chi connectivity index (χ2n) is 6.26. The van der Waals surface area contributed by atoms with Crippen molar-refractivity contribution in [1.82, 2.24) is 14.9 Å². The van der Waals surface area contributed by atoms with Gasteiger partial charge >= 0.3 is 0 Å². The van der Waals surface area contributed by atoms with Crippen LogP contribution in [-0.4, -0.2) is 28.4 Å². The molecule has 0 spiro atoms. The average Bonchev–Trinajstić information content (AvgIpc) is 3.00. The van der Waals surface area contributed by atoms with Gasteiger partial charge in [0, 0.05) is 19.7 Å². The van der Waals surface area contributed by atoms with E-state index in [2.05, 4.69) is 10.3 Å². The number of rotatable bonds is 5. The molecule has 1 aromatic heterocycles. The van der Waals surface area contributed by atoms with E-state index in [0.29, 0.717) is 5.82 Å². The van der Waals surface area contributed by atoms with Crippen LogP contribution in [-0.2, 0) is 16.1 Å². The molecule has 0 bridgehead atoms. The van der Waals surface area contributed by atoms with E-state index in [0.717, 1.165) is 16.7 Å². The zero-order valence-corrected chi connectivity index (χ0v) is 15.1. The molecule has 3 aromatic rings. The molecule has 1 N–H and O–H groups in total. The molecule has 6 nitrogen and oxygen atoms in total. The molecule has 0 radical (unpaired) electrons. The molecule has 26 heavy (non-hydrogen) atoms. The number of anilines is 1. The number of nitrogens with zero attached hydrogens (tertiary/aromatic N) is 3. The van der Waals surface area contributed by atoms with E-state index in [1.54, 1.807) is 11.9 Å². The number of para-hydroxylation sites is 3. The van der Waals surface area contributed by atoms with Crippen LogP contribution in [0.15, 0.2) is 54.6 Å². The summed E-state index contributed by atoms with van der Waals surface area (Å²) in [5, 5.41) is 2.85. The highest BCUT2D eigenvalue weighted by atomic mass is 16.2. The van der Waals surface area contributed by atoms with E-state index in [1.807, 2.05) is 66.1 Å². The molecule has 0 saturated heterocycles. The molecule has 6 heteroatoms. The summed E-state index contributed by atoms with van der Waals surface area (Å²) in [5.74, 6) is 0.468. The molecule has 3 rings (SSSR count). The minimum absolute atomic E-state index is 0.0596. The monoisotopic (exact) mass is 350 g/mol. The van der Waals surface area contributed by atoms with Gasteiger partial charge in [-0.05, 0) is 31.2 Å². The lowest BCUT2D eigenvalue weighted by molar-refractivity contribution is -0.119. The van der Waals surface area contributed by atoms with Crippen LogP contribution in [0.4, 0.5) is 5.69 Å². The summed E-state index contributed by atoms with van der Waals surface area (Å²) in [4.78, 5) is 30.5. The Morgan fingerprint density at radius 2 is 1.77 bits per heavy atom. The van der Waals surface area contributed by atoms with Crippen LogP contribution < -0.4 is 10.2 Å². The van der Waals surface area contributed by atoms with Crippen molar-refractivity contribution in [3.05, 3.63) is 60.4 Å². The molecule has 0 aliphatic carbocycles. The van der Waals surface area contributed by atoms with E-state index >= 15 is 0 Å². The van der Waals surface area contributed by atoms with E-state index < -0.39 is 0 Å². The zero-order valence-electron chi connectivity index (χ0n) is 15.1. The minimum Gasteiger partial charge on any atom is -0.347 e. The van der Waals surface area contributed by atoms with Crippen LogP contribution >= 0.6 is 0 Å². The third-order valence-corrected chi connectivity index (χ3v) is 4.30. The Kier molecular flexibility index (Phi) is 5.02. The normalized spacial score (nSPS) is 12.0. The fraction of sp³-hybridized carbons (Fsp3) is 0.250. The van der Waals surface area contributed by atoms with E-state index in [1.165, 1.54) is 6.92 Å². The highest BCUT2D eigenvalue weighted by Gasteiger charge is 2.20. The third-order valence-electron chi connectivity index (χ3n) is 4.30. The Labute approximate surface area is 152 Å². The molecular weight excluding hydrogens is 328 g/mol. The fourth-order valence-corrected chi connectivity index (χ4v) is 3.00. The van der Waals surface area contributed by atoms with Gasteiger partial charge in [-0.3, -0.25) is 9.59 Å². The Morgan fingerprint density at radius 3 is 2.46 bits per heavy atom. The number of carbonyl (C=O) groups is 2. The number of aromatic nitrogens is 2. The zero-order chi connectivity index (χ0) is 18.7. The van der Waals surface area contributed by atoms with Crippen LogP contribution in [0.2, 0.25) is 0 Å².